The average Bonchev–Trinajstić information content (AvgIpc) is 2.34. The summed E-state index contributed by atoms with van der Waals surface area (Å²) >= 11 is 0.592. The summed E-state index contributed by atoms with van der Waals surface area (Å²) in [6.07, 6.45) is 0.153. The lowest BCUT2D eigenvalue weighted by atomic mass is 10.0. The van der Waals surface area contributed by atoms with Gasteiger partial charge in [-0.3, -0.25) is 9.59 Å². The Labute approximate surface area is 126 Å². The number of rotatable bonds is 7. The van der Waals surface area contributed by atoms with Crippen molar-refractivity contribution in [3.05, 3.63) is 0 Å². The molecule has 0 radical (unpaired) electrons. The molecule has 0 rings (SSSR count). The number of ether oxygens (including phenoxy) is 2. The van der Waals surface area contributed by atoms with Crippen molar-refractivity contribution in [1.82, 2.24) is 5.32 Å². The number of carbonyl (C=O) groups excluding carboxylic acids is 3. The Hall–Kier alpha value is -1.77. The summed E-state index contributed by atoms with van der Waals surface area (Å²) in [5.41, 5.74) is 0. The minimum Gasteiger partial charge on any atom is -0.480 e. The summed E-state index contributed by atoms with van der Waals surface area (Å²) in [4.78, 5) is 44.6. The fourth-order valence-corrected chi connectivity index (χ4v) is 2.10. The summed E-state index contributed by atoms with van der Waals surface area (Å²) in [5, 5.41) is 10.6. The highest BCUT2D eigenvalue weighted by atomic mass is 32.2. The third-order valence-corrected chi connectivity index (χ3v) is 3.37. The Balaban J connectivity index is 4.54. The van der Waals surface area contributed by atoms with Crippen molar-refractivity contribution in [2.24, 2.45) is 0 Å². The second-order valence-corrected chi connectivity index (χ2v) is 6.15. The third-order valence-electron chi connectivity index (χ3n) is 2.32. The fourth-order valence-electron chi connectivity index (χ4n) is 1.28. The molecule has 0 aliphatic heterocycles. The van der Waals surface area contributed by atoms with Gasteiger partial charge >= 0.3 is 17.2 Å². The minimum absolute atomic E-state index is 0.153. The topological polar surface area (TPSA) is 119 Å². The molecule has 8 nitrogen and oxygen atoms in total. The second kappa shape index (κ2) is 8.50. The zero-order chi connectivity index (χ0) is 16.6. The Morgan fingerprint density at radius 1 is 1.24 bits per heavy atom. The number of hydrogen-bond acceptors (Lipinski definition) is 7. The van der Waals surface area contributed by atoms with Gasteiger partial charge in [-0.15, -0.1) is 0 Å². The standard InChI is InChI=1S/C12H19NO7S/c1-5-8(15)19-6-20-11(18)21-12(3,4)9(10(16)17)13-7(2)14/h9H,5-6H2,1-4H3,(H,13,14)(H,16,17)/t9-/m0/s1. The van der Waals surface area contributed by atoms with Gasteiger partial charge in [0.05, 0.1) is 4.75 Å². The predicted molar refractivity (Wildman–Crippen MR) is 74.6 cm³/mol. The van der Waals surface area contributed by atoms with E-state index in [0.717, 1.165) is 0 Å². The number of carbonyl (C=O) groups is 4. The lowest BCUT2D eigenvalue weighted by molar-refractivity contribution is -0.150. The first-order valence-corrected chi connectivity index (χ1v) is 6.93. The Kier molecular flexibility index (Phi) is 7.79. The van der Waals surface area contributed by atoms with Crippen molar-refractivity contribution in [2.45, 2.75) is 44.9 Å². The van der Waals surface area contributed by atoms with Gasteiger partial charge in [-0.1, -0.05) is 6.92 Å². The smallest absolute Gasteiger partial charge is 0.370 e. The summed E-state index contributed by atoms with van der Waals surface area (Å²) in [5.74, 6) is -2.32. The maximum Gasteiger partial charge on any atom is 0.370 e. The molecule has 9 heteroatoms. The van der Waals surface area contributed by atoms with Crippen LogP contribution in [-0.4, -0.2) is 45.8 Å². The highest BCUT2D eigenvalue weighted by Crippen LogP contribution is 2.30. The number of thioether (sulfide) groups is 1. The first kappa shape index (κ1) is 19.2. The van der Waals surface area contributed by atoms with E-state index < -0.39 is 40.7 Å². The molecule has 21 heavy (non-hydrogen) atoms. The van der Waals surface area contributed by atoms with E-state index in [2.05, 4.69) is 14.8 Å². The van der Waals surface area contributed by atoms with E-state index in [-0.39, 0.29) is 6.42 Å². The number of carboxylic acid groups (broad SMARTS) is 1. The van der Waals surface area contributed by atoms with Crippen LogP contribution < -0.4 is 5.32 Å². The molecule has 0 heterocycles. The summed E-state index contributed by atoms with van der Waals surface area (Å²) < 4.78 is 8.08. The molecule has 0 unspecified atom stereocenters. The van der Waals surface area contributed by atoms with E-state index in [4.69, 9.17) is 5.11 Å². The van der Waals surface area contributed by atoms with Crippen molar-refractivity contribution in [3.63, 3.8) is 0 Å². The highest BCUT2D eigenvalue weighted by Gasteiger charge is 2.39. The van der Waals surface area contributed by atoms with Crippen molar-refractivity contribution in [3.8, 4) is 0 Å². The van der Waals surface area contributed by atoms with Crippen LogP contribution in [0.5, 0.6) is 0 Å². The Morgan fingerprint density at radius 2 is 1.81 bits per heavy atom. The van der Waals surface area contributed by atoms with Crippen LogP contribution in [-0.2, 0) is 23.9 Å². The zero-order valence-corrected chi connectivity index (χ0v) is 13.1. The third kappa shape index (κ3) is 7.54. The molecule has 0 bridgehead atoms. The van der Waals surface area contributed by atoms with Crippen LogP contribution in [0.4, 0.5) is 4.79 Å². The molecule has 0 spiro atoms. The van der Waals surface area contributed by atoms with Gasteiger partial charge in [-0.25, -0.2) is 9.59 Å². The first-order valence-electron chi connectivity index (χ1n) is 6.11. The zero-order valence-electron chi connectivity index (χ0n) is 12.3. The molecule has 0 aliphatic rings. The predicted octanol–water partition coefficient (Wildman–Crippen LogP) is 1.13. The summed E-state index contributed by atoms with van der Waals surface area (Å²) in [6.45, 7) is 5.19. The number of nitrogens with one attached hydrogen (secondary N) is 1. The number of aliphatic carboxylic acids is 1. The van der Waals surface area contributed by atoms with Crippen LogP contribution >= 0.6 is 11.8 Å². The van der Waals surface area contributed by atoms with Gasteiger partial charge in [-0.05, 0) is 25.6 Å². The van der Waals surface area contributed by atoms with Gasteiger partial charge in [0.1, 0.15) is 6.04 Å². The molecule has 0 aromatic heterocycles. The maximum atomic E-state index is 11.6. The SMILES string of the molecule is CCC(=O)OCOC(=O)SC(C)(C)[C@@H](NC(C)=O)C(=O)O. The number of amides is 1. The Bertz CT molecular complexity index is 422. The molecule has 0 aromatic carbocycles. The molecule has 0 aromatic rings. The van der Waals surface area contributed by atoms with Gasteiger partial charge in [0.2, 0.25) is 12.7 Å². The monoisotopic (exact) mass is 321 g/mol. The van der Waals surface area contributed by atoms with Crippen molar-refractivity contribution >= 4 is 34.9 Å². The van der Waals surface area contributed by atoms with E-state index in [1.807, 2.05) is 0 Å². The lowest BCUT2D eigenvalue weighted by Crippen LogP contribution is -2.52. The molecule has 0 saturated carbocycles. The van der Waals surface area contributed by atoms with Gasteiger partial charge in [0.15, 0.2) is 0 Å². The van der Waals surface area contributed by atoms with Crippen LogP contribution in [0.2, 0.25) is 0 Å². The molecule has 1 amide bonds. The quantitative estimate of drug-likeness (QED) is 0.529. The molecule has 0 fully saturated rings. The molecule has 0 aliphatic carbocycles. The van der Waals surface area contributed by atoms with Crippen LogP contribution in [0.15, 0.2) is 0 Å². The van der Waals surface area contributed by atoms with Gasteiger partial charge in [-0.2, -0.15) is 0 Å². The van der Waals surface area contributed by atoms with Crippen LogP contribution in [0.1, 0.15) is 34.1 Å². The molecule has 120 valence electrons. The largest absolute Gasteiger partial charge is 0.480 e. The van der Waals surface area contributed by atoms with E-state index in [1.165, 1.54) is 20.8 Å². The van der Waals surface area contributed by atoms with E-state index in [1.54, 1.807) is 6.92 Å². The molecular formula is C12H19NO7S. The maximum absolute atomic E-state index is 11.6. The lowest BCUT2D eigenvalue weighted by Gasteiger charge is -2.29. The Morgan fingerprint density at radius 3 is 2.24 bits per heavy atom. The van der Waals surface area contributed by atoms with Gasteiger partial charge < -0.3 is 19.9 Å². The fraction of sp³-hybridized carbons (Fsp3) is 0.667. The molecule has 1 atom stereocenters. The first-order chi connectivity index (χ1) is 9.60. The van der Waals surface area contributed by atoms with Crippen molar-refractivity contribution < 1.29 is 33.8 Å². The van der Waals surface area contributed by atoms with Crippen molar-refractivity contribution in [1.29, 1.82) is 0 Å². The highest BCUT2D eigenvalue weighted by molar-refractivity contribution is 8.14. The second-order valence-electron chi connectivity index (χ2n) is 4.56. The van der Waals surface area contributed by atoms with E-state index in [9.17, 15) is 19.2 Å². The average molecular weight is 321 g/mol. The normalized spacial score (nSPS) is 12.2. The van der Waals surface area contributed by atoms with Crippen molar-refractivity contribution in [2.75, 3.05) is 6.79 Å². The summed E-state index contributed by atoms with van der Waals surface area (Å²) in [7, 11) is 0. The number of esters is 1. The van der Waals surface area contributed by atoms with Gasteiger partial charge in [0.25, 0.3) is 0 Å². The van der Waals surface area contributed by atoms with E-state index >= 15 is 0 Å². The molecule has 2 N–H and O–H groups in total. The van der Waals surface area contributed by atoms with E-state index in [0.29, 0.717) is 11.8 Å². The van der Waals surface area contributed by atoms with Crippen LogP contribution in [0.25, 0.3) is 0 Å². The summed E-state index contributed by atoms with van der Waals surface area (Å²) in [6, 6.07) is -1.27. The molecular weight excluding hydrogens is 302 g/mol. The number of carboxylic acids is 1. The van der Waals surface area contributed by atoms with Gasteiger partial charge in [0, 0.05) is 13.3 Å². The minimum atomic E-state index is -1.27. The van der Waals surface area contributed by atoms with Crippen LogP contribution in [0, 0.1) is 0 Å². The molecule has 0 saturated heterocycles. The number of hydrogen-bond donors (Lipinski definition) is 2. The van der Waals surface area contributed by atoms with Crippen LogP contribution in [0.3, 0.4) is 0 Å².